The van der Waals surface area contributed by atoms with E-state index in [-0.39, 0.29) is 11.9 Å². The Balaban J connectivity index is 1.21. The van der Waals surface area contributed by atoms with Crippen LogP contribution >= 0.6 is 11.8 Å². The van der Waals surface area contributed by atoms with Crippen LogP contribution in [0, 0.1) is 0 Å². The molecule has 1 spiro atoms. The van der Waals surface area contributed by atoms with Crippen molar-refractivity contribution in [3.05, 3.63) is 60.7 Å². The molecule has 1 aromatic heterocycles. The fraction of sp³-hybridized carbons (Fsp3) is 0.467. The fourth-order valence-corrected chi connectivity index (χ4v) is 6.37. The van der Waals surface area contributed by atoms with Crippen LogP contribution in [-0.2, 0) is 14.3 Å². The lowest BCUT2D eigenvalue weighted by molar-refractivity contribution is -0.187. The third-order valence-corrected chi connectivity index (χ3v) is 8.24. The maximum Gasteiger partial charge on any atom is 0.222 e. The number of imidazole rings is 1. The lowest BCUT2D eigenvalue weighted by atomic mass is 10.0. The molecule has 2 aliphatic rings. The normalized spacial score (nSPS) is 17.1. The number of carbonyl (C=O) groups excluding carboxylic acids is 1. The molecule has 0 unspecified atom stereocenters. The van der Waals surface area contributed by atoms with Crippen LogP contribution in [0.25, 0.3) is 22.5 Å². The fourth-order valence-electron chi connectivity index (χ4n) is 5.24. The minimum Gasteiger partial charge on any atom is -0.347 e. The molecule has 37 heavy (non-hydrogen) atoms. The molecule has 0 radical (unpaired) electrons. The van der Waals surface area contributed by atoms with Crippen LogP contribution in [0.2, 0.25) is 0 Å². The molecule has 0 aliphatic carbocycles. The highest BCUT2D eigenvalue weighted by molar-refractivity contribution is 7.99. The topological polar surface area (TPSA) is 56.6 Å². The number of likely N-dealkylation sites (tertiary alicyclic amines) is 1. The van der Waals surface area contributed by atoms with E-state index in [4.69, 9.17) is 14.5 Å². The van der Waals surface area contributed by atoms with E-state index in [0.29, 0.717) is 19.6 Å². The average Bonchev–Trinajstić information content (AvgIpc) is 3.55. The van der Waals surface area contributed by atoms with Crippen molar-refractivity contribution in [2.24, 2.45) is 0 Å². The molecule has 0 N–H and O–H groups in total. The third kappa shape index (κ3) is 5.95. The van der Waals surface area contributed by atoms with Crippen LogP contribution in [-0.4, -0.2) is 58.2 Å². The third-order valence-electron chi connectivity index (χ3n) is 7.20. The Kier molecular flexibility index (Phi) is 8.33. The molecular formula is C30H37N3O3S. The summed E-state index contributed by atoms with van der Waals surface area (Å²) in [7, 11) is 0. The summed E-state index contributed by atoms with van der Waals surface area (Å²) in [6, 6.07) is 21.3. The number of piperidine rings is 1. The number of benzene rings is 2. The van der Waals surface area contributed by atoms with Crippen LogP contribution in [0.1, 0.15) is 52.0 Å². The van der Waals surface area contributed by atoms with Crippen LogP contribution in [0.15, 0.2) is 65.8 Å². The highest BCUT2D eigenvalue weighted by Gasteiger charge is 2.40. The van der Waals surface area contributed by atoms with Crippen molar-refractivity contribution in [2.75, 3.05) is 32.1 Å². The molecular weight excluding hydrogens is 482 g/mol. The second kappa shape index (κ2) is 11.8. The average molecular weight is 520 g/mol. The number of thioether (sulfide) groups is 1. The second-order valence-electron chi connectivity index (χ2n) is 10.1. The van der Waals surface area contributed by atoms with E-state index in [1.807, 2.05) is 11.0 Å². The minimum atomic E-state index is -0.428. The molecule has 2 saturated heterocycles. The van der Waals surface area contributed by atoms with E-state index in [1.54, 1.807) is 11.8 Å². The van der Waals surface area contributed by atoms with E-state index < -0.39 is 5.79 Å². The van der Waals surface area contributed by atoms with Gasteiger partial charge in [0.15, 0.2) is 10.9 Å². The quantitative estimate of drug-likeness (QED) is 0.241. The largest absolute Gasteiger partial charge is 0.347 e. The first-order chi connectivity index (χ1) is 18.1. The van der Waals surface area contributed by atoms with Gasteiger partial charge in [0.25, 0.3) is 0 Å². The summed E-state index contributed by atoms with van der Waals surface area (Å²) in [5.74, 6) is 0.756. The molecule has 6 nitrogen and oxygen atoms in total. The van der Waals surface area contributed by atoms with E-state index in [0.717, 1.165) is 66.6 Å². The predicted octanol–water partition coefficient (Wildman–Crippen LogP) is 6.43. The predicted molar refractivity (Wildman–Crippen MR) is 149 cm³/mol. The van der Waals surface area contributed by atoms with Gasteiger partial charge in [-0.2, -0.15) is 0 Å². The van der Waals surface area contributed by atoms with Gasteiger partial charge in [-0.05, 0) is 26.7 Å². The van der Waals surface area contributed by atoms with Gasteiger partial charge in [0.1, 0.15) is 0 Å². The van der Waals surface area contributed by atoms with Crippen LogP contribution in [0.4, 0.5) is 0 Å². The second-order valence-corrected chi connectivity index (χ2v) is 11.1. The van der Waals surface area contributed by atoms with Gasteiger partial charge >= 0.3 is 0 Å². The zero-order valence-electron chi connectivity index (χ0n) is 21.9. The summed E-state index contributed by atoms with van der Waals surface area (Å²) in [4.78, 5) is 19.9. The Hall–Kier alpha value is -2.61. The summed E-state index contributed by atoms with van der Waals surface area (Å²) in [6.45, 7) is 7.22. The Morgan fingerprint density at radius 1 is 0.946 bits per heavy atom. The lowest BCUT2D eigenvalue weighted by Gasteiger charge is -2.37. The standard InChI is InChI=1S/C30H37N3O3S/c1-23(2)33-28(25-13-7-4-8-14-25)27(24-11-5-3-6-12-24)31-29(33)37-22-10-9-15-26(34)32-18-16-30(17-19-32)35-20-21-36-30/h3-8,11-14,23H,9-10,15-22H2,1-2H3. The van der Waals surface area contributed by atoms with Crippen molar-refractivity contribution in [1.82, 2.24) is 14.5 Å². The smallest absolute Gasteiger partial charge is 0.222 e. The maximum atomic E-state index is 12.8. The van der Waals surface area contributed by atoms with Crippen molar-refractivity contribution in [3.63, 3.8) is 0 Å². The SMILES string of the molecule is CC(C)n1c(SCCCCC(=O)N2CCC3(CC2)OCCO3)nc(-c2ccccc2)c1-c1ccccc1. The molecule has 0 bridgehead atoms. The summed E-state index contributed by atoms with van der Waals surface area (Å²) in [5.41, 5.74) is 4.50. The van der Waals surface area contributed by atoms with E-state index in [2.05, 4.69) is 73.0 Å². The van der Waals surface area contributed by atoms with Crippen molar-refractivity contribution in [2.45, 2.75) is 62.9 Å². The number of ether oxygens (including phenoxy) is 2. The monoisotopic (exact) mass is 519 g/mol. The molecule has 3 aromatic rings. The molecule has 0 saturated carbocycles. The van der Waals surface area contributed by atoms with Gasteiger partial charge in [-0.15, -0.1) is 0 Å². The van der Waals surface area contributed by atoms with Gasteiger partial charge in [-0.3, -0.25) is 4.79 Å². The van der Waals surface area contributed by atoms with Crippen molar-refractivity contribution < 1.29 is 14.3 Å². The number of rotatable bonds is 9. The van der Waals surface area contributed by atoms with Gasteiger partial charge in [0, 0.05) is 55.3 Å². The van der Waals surface area contributed by atoms with Crippen LogP contribution in [0.5, 0.6) is 0 Å². The number of nitrogens with zero attached hydrogens (tertiary/aromatic N) is 3. The molecule has 0 atom stereocenters. The zero-order chi connectivity index (χ0) is 25.7. The zero-order valence-corrected chi connectivity index (χ0v) is 22.7. The van der Waals surface area contributed by atoms with Gasteiger partial charge < -0.3 is 18.9 Å². The number of hydrogen-bond donors (Lipinski definition) is 0. The highest BCUT2D eigenvalue weighted by Crippen LogP contribution is 2.38. The first-order valence-electron chi connectivity index (χ1n) is 13.5. The summed E-state index contributed by atoms with van der Waals surface area (Å²) in [5, 5.41) is 1.04. The number of aromatic nitrogens is 2. The van der Waals surface area contributed by atoms with Crippen molar-refractivity contribution in [3.8, 4) is 22.5 Å². The van der Waals surface area contributed by atoms with Crippen LogP contribution in [0.3, 0.4) is 0 Å². The number of unbranched alkanes of at least 4 members (excludes halogenated alkanes) is 1. The summed E-state index contributed by atoms with van der Waals surface area (Å²) < 4.78 is 13.9. The Labute approximate surface area is 224 Å². The Bertz CT molecular complexity index is 1160. The first-order valence-corrected chi connectivity index (χ1v) is 14.5. The Morgan fingerprint density at radius 2 is 1.57 bits per heavy atom. The van der Waals surface area contributed by atoms with E-state index in [1.165, 1.54) is 5.56 Å². The van der Waals surface area contributed by atoms with E-state index in [9.17, 15) is 4.79 Å². The summed E-state index contributed by atoms with van der Waals surface area (Å²) in [6.07, 6.45) is 4.02. The van der Waals surface area contributed by atoms with E-state index >= 15 is 0 Å². The molecule has 3 heterocycles. The number of carbonyl (C=O) groups is 1. The van der Waals surface area contributed by atoms with Crippen molar-refractivity contribution >= 4 is 17.7 Å². The van der Waals surface area contributed by atoms with Gasteiger partial charge in [-0.1, -0.05) is 72.4 Å². The first kappa shape index (κ1) is 26.0. The molecule has 2 fully saturated rings. The van der Waals surface area contributed by atoms with Crippen LogP contribution < -0.4 is 0 Å². The molecule has 1 amide bonds. The molecule has 196 valence electrons. The minimum absolute atomic E-state index is 0.249. The maximum absolute atomic E-state index is 12.8. The molecule has 2 aromatic carbocycles. The number of amides is 1. The Morgan fingerprint density at radius 3 is 2.19 bits per heavy atom. The van der Waals surface area contributed by atoms with Gasteiger partial charge in [0.2, 0.25) is 5.91 Å². The van der Waals surface area contributed by atoms with Gasteiger partial charge in [0.05, 0.1) is 24.6 Å². The van der Waals surface area contributed by atoms with Crippen molar-refractivity contribution in [1.29, 1.82) is 0 Å². The molecule has 5 rings (SSSR count). The molecule has 7 heteroatoms. The molecule has 2 aliphatic heterocycles. The van der Waals surface area contributed by atoms with Gasteiger partial charge in [-0.25, -0.2) is 4.98 Å². The highest BCUT2D eigenvalue weighted by atomic mass is 32.2. The number of hydrogen-bond acceptors (Lipinski definition) is 5. The lowest BCUT2D eigenvalue weighted by Crippen LogP contribution is -2.47. The summed E-state index contributed by atoms with van der Waals surface area (Å²) >= 11 is 1.79.